The van der Waals surface area contributed by atoms with Crippen molar-refractivity contribution in [3.05, 3.63) is 18.5 Å². The molecule has 0 atom stereocenters. The number of guanidine groups is 1. The summed E-state index contributed by atoms with van der Waals surface area (Å²) in [6.07, 6.45) is 6.57. The number of piperazine rings is 1. The number of nitrogens with one attached hydrogen (secondary N) is 1. The van der Waals surface area contributed by atoms with Gasteiger partial charge in [-0.25, -0.2) is 22.7 Å². The Morgan fingerprint density at radius 3 is 2.31 bits per heavy atom. The van der Waals surface area contributed by atoms with Crippen LogP contribution in [0.4, 0.5) is 5.95 Å². The fraction of sp³-hybridized carbons (Fsp3) is 0.722. The predicted octanol–water partition coefficient (Wildman–Crippen LogP) is 0.854. The average Bonchev–Trinajstić information content (AvgIpc) is 2.71. The van der Waals surface area contributed by atoms with Crippen molar-refractivity contribution in [2.75, 3.05) is 63.5 Å². The second-order valence-electron chi connectivity index (χ2n) is 7.32. The van der Waals surface area contributed by atoms with E-state index in [0.29, 0.717) is 19.0 Å². The number of hydrogen-bond acceptors (Lipinski definition) is 6. The number of halogens is 1. The highest BCUT2D eigenvalue weighted by Gasteiger charge is 2.25. The van der Waals surface area contributed by atoms with Crippen molar-refractivity contribution in [1.29, 1.82) is 0 Å². The van der Waals surface area contributed by atoms with Crippen LogP contribution in [0, 0.1) is 5.92 Å². The molecular weight excluding hydrogens is 505 g/mol. The third kappa shape index (κ3) is 6.92. The molecule has 9 nitrogen and oxygen atoms in total. The molecule has 164 valence electrons. The maximum absolute atomic E-state index is 11.6. The van der Waals surface area contributed by atoms with Crippen LogP contribution in [0.5, 0.6) is 0 Å². The van der Waals surface area contributed by atoms with E-state index in [1.54, 1.807) is 16.7 Å². The first-order valence-electron chi connectivity index (χ1n) is 9.97. The second kappa shape index (κ2) is 11.3. The molecule has 1 N–H and O–H groups in total. The van der Waals surface area contributed by atoms with Crippen molar-refractivity contribution < 1.29 is 8.42 Å². The Labute approximate surface area is 191 Å². The Balaban J connectivity index is 0.00000300. The molecule has 2 fully saturated rings. The smallest absolute Gasteiger partial charge is 0.225 e. The van der Waals surface area contributed by atoms with Gasteiger partial charge in [-0.05, 0) is 31.7 Å². The van der Waals surface area contributed by atoms with Crippen LogP contribution >= 0.6 is 24.0 Å². The zero-order chi connectivity index (χ0) is 20.0. The van der Waals surface area contributed by atoms with Crippen molar-refractivity contribution in [2.24, 2.45) is 10.9 Å². The number of hydrogen-bond donors (Lipinski definition) is 1. The molecule has 0 aliphatic carbocycles. The molecule has 0 aromatic carbocycles. The van der Waals surface area contributed by atoms with Crippen LogP contribution in [0.15, 0.2) is 23.5 Å². The average molecular weight is 537 g/mol. The standard InChI is InChI=1S/C18H31N7O2S.HI/c1-3-19-17(22-15-16-5-9-25(10-6-16)28(2,26)27)23-11-13-24(14-12-23)18-20-7-4-8-21-18;/h4,7-8,16H,3,5-6,9-15H2,1-2H3,(H,19,22);1H. The summed E-state index contributed by atoms with van der Waals surface area (Å²) >= 11 is 0. The summed E-state index contributed by atoms with van der Waals surface area (Å²) in [5, 5.41) is 3.40. The highest BCUT2D eigenvalue weighted by Crippen LogP contribution is 2.19. The molecule has 1 aromatic rings. The number of anilines is 1. The monoisotopic (exact) mass is 537 g/mol. The van der Waals surface area contributed by atoms with E-state index in [1.165, 1.54) is 6.26 Å². The SMILES string of the molecule is CCNC(=NCC1CCN(S(C)(=O)=O)CC1)N1CCN(c2ncccn2)CC1.I. The molecular formula is C18H32IN7O2S. The minimum atomic E-state index is -3.07. The summed E-state index contributed by atoms with van der Waals surface area (Å²) in [7, 11) is -3.07. The van der Waals surface area contributed by atoms with E-state index >= 15 is 0 Å². The lowest BCUT2D eigenvalue weighted by molar-refractivity contribution is 0.279. The van der Waals surface area contributed by atoms with Crippen LogP contribution in [-0.2, 0) is 10.0 Å². The molecule has 0 bridgehead atoms. The van der Waals surface area contributed by atoms with Gasteiger partial charge in [0.2, 0.25) is 16.0 Å². The molecule has 0 amide bonds. The van der Waals surface area contributed by atoms with E-state index < -0.39 is 10.0 Å². The van der Waals surface area contributed by atoms with Gasteiger partial charge in [0, 0.05) is 64.8 Å². The summed E-state index contributed by atoms with van der Waals surface area (Å²) in [6, 6.07) is 1.83. The van der Waals surface area contributed by atoms with Crippen LogP contribution in [0.25, 0.3) is 0 Å². The molecule has 2 aliphatic heterocycles. The summed E-state index contributed by atoms with van der Waals surface area (Å²) in [4.78, 5) is 18.0. The first-order chi connectivity index (χ1) is 13.5. The van der Waals surface area contributed by atoms with Crippen molar-refractivity contribution in [2.45, 2.75) is 19.8 Å². The van der Waals surface area contributed by atoms with Gasteiger partial charge < -0.3 is 15.1 Å². The normalized spacial score (nSPS) is 19.7. The molecule has 2 saturated heterocycles. The van der Waals surface area contributed by atoms with Gasteiger partial charge in [0.15, 0.2) is 5.96 Å². The third-order valence-corrected chi connectivity index (χ3v) is 6.59. The lowest BCUT2D eigenvalue weighted by atomic mass is 9.98. The highest BCUT2D eigenvalue weighted by atomic mass is 127. The Bertz CT molecular complexity index is 747. The van der Waals surface area contributed by atoms with Crippen molar-refractivity contribution in [1.82, 2.24) is 24.5 Å². The van der Waals surface area contributed by atoms with E-state index in [0.717, 1.165) is 64.0 Å². The summed E-state index contributed by atoms with van der Waals surface area (Å²) in [6.45, 7) is 8.32. The summed E-state index contributed by atoms with van der Waals surface area (Å²) in [5.41, 5.74) is 0. The van der Waals surface area contributed by atoms with Crippen molar-refractivity contribution >= 4 is 45.9 Å². The van der Waals surface area contributed by atoms with E-state index in [-0.39, 0.29) is 24.0 Å². The lowest BCUT2D eigenvalue weighted by Crippen LogP contribution is -2.53. The zero-order valence-corrected chi connectivity index (χ0v) is 20.3. The maximum atomic E-state index is 11.6. The summed E-state index contributed by atoms with van der Waals surface area (Å²) in [5.74, 6) is 2.16. The van der Waals surface area contributed by atoms with Gasteiger partial charge in [-0.15, -0.1) is 24.0 Å². The minimum absolute atomic E-state index is 0. The third-order valence-electron chi connectivity index (χ3n) is 5.29. The zero-order valence-electron chi connectivity index (χ0n) is 17.2. The molecule has 0 unspecified atom stereocenters. The fourth-order valence-corrected chi connectivity index (χ4v) is 4.51. The topological polar surface area (TPSA) is 94.0 Å². The number of aliphatic imine (C=N–C) groups is 1. The van der Waals surface area contributed by atoms with Crippen molar-refractivity contribution in [3.63, 3.8) is 0 Å². The molecule has 0 saturated carbocycles. The van der Waals surface area contributed by atoms with Crippen LogP contribution in [0.1, 0.15) is 19.8 Å². The Morgan fingerprint density at radius 1 is 1.14 bits per heavy atom. The predicted molar refractivity (Wildman–Crippen MR) is 126 cm³/mol. The second-order valence-corrected chi connectivity index (χ2v) is 9.31. The number of rotatable bonds is 5. The molecule has 0 spiro atoms. The number of piperidine rings is 1. The van der Waals surface area contributed by atoms with E-state index in [9.17, 15) is 8.42 Å². The van der Waals surface area contributed by atoms with E-state index in [4.69, 9.17) is 4.99 Å². The van der Waals surface area contributed by atoms with Gasteiger partial charge in [0.1, 0.15) is 0 Å². The van der Waals surface area contributed by atoms with Crippen molar-refractivity contribution in [3.8, 4) is 0 Å². The number of sulfonamides is 1. The first-order valence-corrected chi connectivity index (χ1v) is 11.8. The Kier molecular flexibility index (Phi) is 9.34. The molecule has 29 heavy (non-hydrogen) atoms. The quantitative estimate of drug-likeness (QED) is 0.338. The fourth-order valence-electron chi connectivity index (χ4n) is 3.64. The minimum Gasteiger partial charge on any atom is -0.357 e. The van der Waals surface area contributed by atoms with Gasteiger partial charge in [0.25, 0.3) is 0 Å². The van der Waals surface area contributed by atoms with Crippen LogP contribution in [0.3, 0.4) is 0 Å². The molecule has 0 radical (unpaired) electrons. The molecule has 11 heteroatoms. The molecule has 3 heterocycles. The van der Waals surface area contributed by atoms with E-state index in [1.807, 2.05) is 6.07 Å². The Morgan fingerprint density at radius 2 is 1.76 bits per heavy atom. The number of aromatic nitrogens is 2. The number of nitrogens with zero attached hydrogens (tertiary/aromatic N) is 6. The van der Waals surface area contributed by atoms with Gasteiger partial charge in [0.05, 0.1) is 6.26 Å². The van der Waals surface area contributed by atoms with Gasteiger partial charge in [-0.2, -0.15) is 0 Å². The lowest BCUT2D eigenvalue weighted by Gasteiger charge is -2.36. The first kappa shape index (κ1) is 24.1. The molecule has 3 rings (SSSR count). The van der Waals surface area contributed by atoms with Gasteiger partial charge in [-0.3, -0.25) is 4.99 Å². The maximum Gasteiger partial charge on any atom is 0.225 e. The van der Waals surface area contributed by atoms with Crippen LogP contribution < -0.4 is 10.2 Å². The summed E-state index contributed by atoms with van der Waals surface area (Å²) < 4.78 is 24.9. The largest absolute Gasteiger partial charge is 0.357 e. The van der Waals surface area contributed by atoms with E-state index in [2.05, 4.69) is 32.0 Å². The highest BCUT2D eigenvalue weighted by molar-refractivity contribution is 14.0. The van der Waals surface area contributed by atoms with Crippen LogP contribution in [0.2, 0.25) is 0 Å². The molecule has 2 aliphatic rings. The van der Waals surface area contributed by atoms with Gasteiger partial charge >= 0.3 is 0 Å². The van der Waals surface area contributed by atoms with Crippen LogP contribution in [-0.4, -0.2) is 92.2 Å². The van der Waals surface area contributed by atoms with Gasteiger partial charge in [-0.1, -0.05) is 0 Å². The Hall–Kier alpha value is -1.21. The molecule has 1 aromatic heterocycles.